The number of benzene rings is 1. The van der Waals surface area contributed by atoms with Crippen LogP contribution in [0.25, 0.3) is 0 Å². The Hall–Kier alpha value is -2.08. The van der Waals surface area contributed by atoms with Crippen LogP contribution in [0.1, 0.15) is 12.8 Å². The highest BCUT2D eigenvalue weighted by molar-refractivity contribution is 6.00. The van der Waals surface area contributed by atoms with E-state index in [-0.39, 0.29) is 24.8 Å². The first-order valence-corrected chi connectivity index (χ1v) is 7.60. The van der Waals surface area contributed by atoms with Crippen LogP contribution in [0.5, 0.6) is 5.75 Å². The fourth-order valence-corrected chi connectivity index (χ4v) is 2.70. The summed E-state index contributed by atoms with van der Waals surface area (Å²) in [4.78, 5) is 25.9. The molecule has 118 valence electrons. The molecule has 2 heterocycles. The Bertz CT molecular complexity index is 555. The molecule has 1 atom stereocenters. The van der Waals surface area contributed by atoms with E-state index in [1.54, 1.807) is 6.07 Å². The van der Waals surface area contributed by atoms with E-state index in [1.165, 1.54) is 4.90 Å². The highest BCUT2D eigenvalue weighted by atomic mass is 16.5. The Balaban J connectivity index is 1.64. The molecule has 2 amide bonds. The Kier molecular flexibility index (Phi) is 4.58. The van der Waals surface area contributed by atoms with E-state index in [0.29, 0.717) is 37.1 Å². The molecule has 0 bridgehead atoms. The van der Waals surface area contributed by atoms with Gasteiger partial charge in [-0.2, -0.15) is 0 Å². The van der Waals surface area contributed by atoms with Crippen LogP contribution in [0.2, 0.25) is 0 Å². The van der Waals surface area contributed by atoms with Crippen molar-refractivity contribution in [2.75, 3.05) is 37.8 Å². The molecule has 1 saturated heterocycles. The largest absolute Gasteiger partial charge is 0.491 e. The fraction of sp³-hybridized carbons (Fsp3) is 0.500. The van der Waals surface area contributed by atoms with Gasteiger partial charge in [0.05, 0.1) is 25.3 Å². The van der Waals surface area contributed by atoms with E-state index in [4.69, 9.17) is 9.47 Å². The number of nitrogens with one attached hydrogen (secondary N) is 1. The van der Waals surface area contributed by atoms with Crippen molar-refractivity contribution in [1.82, 2.24) is 5.32 Å². The lowest BCUT2D eigenvalue weighted by Gasteiger charge is -2.21. The Labute approximate surface area is 129 Å². The highest BCUT2D eigenvalue weighted by Crippen LogP contribution is 2.30. The third-order valence-corrected chi connectivity index (χ3v) is 3.94. The van der Waals surface area contributed by atoms with E-state index in [2.05, 4.69) is 5.32 Å². The molecule has 0 saturated carbocycles. The fourth-order valence-electron chi connectivity index (χ4n) is 2.70. The van der Waals surface area contributed by atoms with Crippen molar-refractivity contribution in [3.63, 3.8) is 0 Å². The molecule has 0 unspecified atom stereocenters. The third kappa shape index (κ3) is 3.39. The molecule has 0 aliphatic carbocycles. The van der Waals surface area contributed by atoms with Gasteiger partial charge in [0, 0.05) is 19.1 Å². The molecule has 1 aromatic rings. The smallest absolute Gasteiger partial charge is 0.240 e. The molecule has 6 heteroatoms. The molecule has 2 aliphatic rings. The quantitative estimate of drug-likeness (QED) is 0.899. The van der Waals surface area contributed by atoms with Crippen molar-refractivity contribution in [3.05, 3.63) is 24.3 Å². The van der Waals surface area contributed by atoms with Gasteiger partial charge in [0.25, 0.3) is 0 Å². The van der Waals surface area contributed by atoms with E-state index < -0.39 is 0 Å². The van der Waals surface area contributed by atoms with E-state index in [1.807, 2.05) is 18.2 Å². The molecular formula is C16H20N2O4. The standard InChI is InChI=1S/C16H20N2O4/c19-15(17-9-12-5-7-21-11-12)10-18-13-3-1-2-4-14(13)22-8-6-16(18)20/h1-4,12H,5-11H2,(H,17,19)/t12-/m0/s1. The molecule has 22 heavy (non-hydrogen) atoms. The van der Waals surface area contributed by atoms with Gasteiger partial charge in [-0.3, -0.25) is 14.5 Å². The SMILES string of the molecule is O=C(CN1C(=O)CCOc2ccccc21)NC[C@@H]1CCOC1. The van der Waals surface area contributed by atoms with Crippen molar-refractivity contribution in [1.29, 1.82) is 0 Å². The average molecular weight is 304 g/mol. The van der Waals surface area contributed by atoms with Gasteiger partial charge in [-0.25, -0.2) is 0 Å². The van der Waals surface area contributed by atoms with E-state index >= 15 is 0 Å². The number of para-hydroxylation sites is 2. The number of anilines is 1. The number of ether oxygens (including phenoxy) is 2. The van der Waals surface area contributed by atoms with Gasteiger partial charge in [0.2, 0.25) is 11.8 Å². The van der Waals surface area contributed by atoms with Crippen LogP contribution in [-0.4, -0.2) is 44.7 Å². The van der Waals surface area contributed by atoms with Crippen molar-refractivity contribution in [2.45, 2.75) is 12.8 Å². The summed E-state index contributed by atoms with van der Waals surface area (Å²) in [5, 5.41) is 2.89. The lowest BCUT2D eigenvalue weighted by Crippen LogP contribution is -2.42. The Morgan fingerprint density at radius 3 is 3.00 bits per heavy atom. The van der Waals surface area contributed by atoms with Gasteiger partial charge in [-0.15, -0.1) is 0 Å². The molecule has 1 aromatic carbocycles. The number of amides is 2. The highest BCUT2D eigenvalue weighted by Gasteiger charge is 2.25. The molecule has 1 N–H and O–H groups in total. The minimum Gasteiger partial charge on any atom is -0.491 e. The van der Waals surface area contributed by atoms with Crippen LogP contribution in [0.15, 0.2) is 24.3 Å². The molecular weight excluding hydrogens is 284 g/mol. The average Bonchev–Trinajstić information content (AvgIpc) is 2.99. The van der Waals surface area contributed by atoms with Gasteiger partial charge < -0.3 is 14.8 Å². The second kappa shape index (κ2) is 6.79. The van der Waals surface area contributed by atoms with Crippen LogP contribution in [0.3, 0.4) is 0 Å². The molecule has 2 aliphatic heterocycles. The topological polar surface area (TPSA) is 67.9 Å². The second-order valence-corrected chi connectivity index (χ2v) is 5.58. The predicted octanol–water partition coefficient (Wildman–Crippen LogP) is 0.955. The minimum absolute atomic E-state index is 0.0206. The number of rotatable bonds is 4. The zero-order valence-corrected chi connectivity index (χ0v) is 12.4. The Morgan fingerprint density at radius 1 is 1.32 bits per heavy atom. The van der Waals surface area contributed by atoms with Gasteiger partial charge >= 0.3 is 0 Å². The predicted molar refractivity (Wildman–Crippen MR) is 80.8 cm³/mol. The zero-order chi connectivity index (χ0) is 15.4. The first-order chi connectivity index (χ1) is 10.7. The molecule has 3 rings (SSSR count). The van der Waals surface area contributed by atoms with Gasteiger partial charge in [-0.1, -0.05) is 12.1 Å². The minimum atomic E-state index is -0.156. The number of hydrogen-bond acceptors (Lipinski definition) is 4. The van der Waals surface area contributed by atoms with Crippen molar-refractivity contribution >= 4 is 17.5 Å². The summed E-state index contributed by atoms with van der Waals surface area (Å²) in [6.07, 6.45) is 1.25. The normalized spacial score (nSPS) is 21.0. The summed E-state index contributed by atoms with van der Waals surface area (Å²) in [6.45, 7) is 2.41. The summed E-state index contributed by atoms with van der Waals surface area (Å²) in [5.74, 6) is 0.769. The molecule has 0 radical (unpaired) electrons. The monoisotopic (exact) mass is 304 g/mol. The van der Waals surface area contributed by atoms with Crippen LogP contribution >= 0.6 is 0 Å². The van der Waals surface area contributed by atoms with Crippen LogP contribution in [-0.2, 0) is 14.3 Å². The van der Waals surface area contributed by atoms with Gasteiger partial charge in [0.15, 0.2) is 0 Å². The number of hydrogen-bond donors (Lipinski definition) is 1. The first kappa shape index (κ1) is 14.8. The van der Waals surface area contributed by atoms with Crippen molar-refractivity contribution < 1.29 is 19.1 Å². The third-order valence-electron chi connectivity index (χ3n) is 3.94. The molecule has 6 nitrogen and oxygen atoms in total. The summed E-state index contributed by atoms with van der Waals surface area (Å²) >= 11 is 0. The maximum Gasteiger partial charge on any atom is 0.240 e. The number of carbonyl (C=O) groups is 2. The first-order valence-electron chi connectivity index (χ1n) is 7.60. The van der Waals surface area contributed by atoms with Crippen molar-refractivity contribution in [3.8, 4) is 5.75 Å². The number of fused-ring (bicyclic) bond motifs is 1. The summed E-state index contributed by atoms with van der Waals surface area (Å²) in [5.41, 5.74) is 0.657. The summed E-state index contributed by atoms with van der Waals surface area (Å²) in [6, 6.07) is 7.31. The lowest BCUT2D eigenvalue weighted by molar-refractivity contribution is -0.124. The van der Waals surface area contributed by atoms with Crippen LogP contribution < -0.4 is 15.0 Å². The Morgan fingerprint density at radius 2 is 2.18 bits per heavy atom. The number of carbonyl (C=O) groups excluding carboxylic acids is 2. The molecule has 0 aromatic heterocycles. The van der Waals surface area contributed by atoms with Crippen LogP contribution in [0, 0.1) is 5.92 Å². The summed E-state index contributed by atoms with van der Waals surface area (Å²) < 4.78 is 10.8. The molecule has 0 spiro atoms. The number of nitrogens with zero attached hydrogens (tertiary/aromatic N) is 1. The zero-order valence-electron chi connectivity index (χ0n) is 12.4. The lowest BCUT2D eigenvalue weighted by atomic mass is 10.1. The second-order valence-electron chi connectivity index (χ2n) is 5.58. The summed E-state index contributed by atoms with van der Waals surface area (Å²) in [7, 11) is 0. The van der Waals surface area contributed by atoms with Gasteiger partial charge in [-0.05, 0) is 18.6 Å². The molecule has 1 fully saturated rings. The maximum atomic E-state index is 12.2. The van der Waals surface area contributed by atoms with Gasteiger partial charge in [0.1, 0.15) is 12.3 Å². The van der Waals surface area contributed by atoms with E-state index in [0.717, 1.165) is 13.0 Å². The van der Waals surface area contributed by atoms with Crippen LogP contribution in [0.4, 0.5) is 5.69 Å². The maximum absolute atomic E-state index is 12.2. The van der Waals surface area contributed by atoms with Crippen molar-refractivity contribution in [2.24, 2.45) is 5.92 Å². The van der Waals surface area contributed by atoms with E-state index in [9.17, 15) is 9.59 Å².